The van der Waals surface area contributed by atoms with Gasteiger partial charge in [-0.05, 0) is 62.7 Å². The van der Waals surface area contributed by atoms with Gasteiger partial charge in [-0.3, -0.25) is 4.68 Å². The van der Waals surface area contributed by atoms with Crippen molar-refractivity contribution in [1.29, 1.82) is 0 Å². The zero-order valence-electron chi connectivity index (χ0n) is 30.0. The lowest BCUT2D eigenvalue weighted by Crippen LogP contribution is -3.00. The van der Waals surface area contributed by atoms with Crippen LogP contribution in [0.1, 0.15) is 35.7 Å². The Kier molecular flexibility index (Phi) is 11.9. The number of benzene rings is 2. The van der Waals surface area contributed by atoms with Gasteiger partial charge in [-0.25, -0.2) is 9.18 Å². The normalized spacial score (nSPS) is 13.7. The maximum Gasteiger partial charge on any atom is 0.343 e. The minimum Gasteiger partial charge on any atom is -1.00 e. The van der Waals surface area contributed by atoms with E-state index in [2.05, 4.69) is 74.8 Å². The van der Waals surface area contributed by atoms with Crippen LogP contribution in [-0.2, 0) is 26.6 Å². The van der Waals surface area contributed by atoms with Crippen LogP contribution >= 0.6 is 11.3 Å². The summed E-state index contributed by atoms with van der Waals surface area (Å²) in [5, 5.41) is 15.6. The summed E-state index contributed by atoms with van der Waals surface area (Å²) in [6.45, 7) is 10.5. The van der Waals surface area contributed by atoms with Crippen molar-refractivity contribution in [3.8, 4) is 0 Å². The number of nitrogens with one attached hydrogen (secondary N) is 1. The Morgan fingerprint density at radius 3 is 2.62 bits per heavy atom. The second kappa shape index (κ2) is 16.6. The molecular formula is C39H44FIN8O2S. The monoisotopic (exact) mass is 834 g/mol. The largest absolute Gasteiger partial charge is 1.00 e. The smallest absolute Gasteiger partial charge is 0.343 e. The highest BCUT2D eigenvalue weighted by molar-refractivity contribution is 7.09. The van der Waals surface area contributed by atoms with Crippen molar-refractivity contribution < 1.29 is 37.4 Å². The van der Waals surface area contributed by atoms with Gasteiger partial charge in [0.2, 0.25) is 11.2 Å². The number of nitrogens with zero attached hydrogens (tertiary/aromatic N) is 7. The molecule has 0 bridgehead atoms. The first-order chi connectivity index (χ1) is 24.8. The molecule has 1 saturated heterocycles. The average Bonchev–Trinajstić information content (AvgIpc) is 3.83. The van der Waals surface area contributed by atoms with Gasteiger partial charge in [-0.1, -0.05) is 11.3 Å². The fourth-order valence-electron chi connectivity index (χ4n) is 6.69. The van der Waals surface area contributed by atoms with E-state index in [0.29, 0.717) is 23.4 Å². The van der Waals surface area contributed by atoms with Gasteiger partial charge in [0.1, 0.15) is 24.1 Å². The van der Waals surface area contributed by atoms with Gasteiger partial charge >= 0.3 is 5.63 Å². The number of halogens is 2. The van der Waals surface area contributed by atoms with Crippen LogP contribution in [-0.4, -0.2) is 66.2 Å². The van der Waals surface area contributed by atoms with Crippen molar-refractivity contribution in [2.45, 2.75) is 33.4 Å². The van der Waals surface area contributed by atoms with E-state index in [9.17, 15) is 4.79 Å². The van der Waals surface area contributed by atoms with Crippen molar-refractivity contribution in [1.82, 2.24) is 19.9 Å². The summed E-state index contributed by atoms with van der Waals surface area (Å²) < 4.78 is 25.5. The molecule has 0 spiro atoms. The number of fused-ring (bicyclic) bond motifs is 2. The van der Waals surface area contributed by atoms with Crippen LogP contribution in [0.25, 0.3) is 34.0 Å². The maximum absolute atomic E-state index is 15.8. The van der Waals surface area contributed by atoms with E-state index < -0.39 is 5.63 Å². The minimum absolute atomic E-state index is 0. The fraction of sp³-hybridized carbons (Fsp3) is 0.333. The molecule has 0 radical (unpaired) electrons. The molecule has 1 aliphatic heterocycles. The van der Waals surface area contributed by atoms with E-state index in [-0.39, 0.29) is 29.8 Å². The van der Waals surface area contributed by atoms with Gasteiger partial charge in [-0.15, -0.1) is 16.4 Å². The molecule has 4 aromatic heterocycles. The van der Waals surface area contributed by atoms with E-state index in [1.54, 1.807) is 17.4 Å². The zero-order valence-corrected chi connectivity index (χ0v) is 33.0. The third-order valence-corrected chi connectivity index (χ3v) is 10.7. The second-order valence-electron chi connectivity index (χ2n) is 13.0. The third kappa shape index (κ3) is 8.16. The van der Waals surface area contributed by atoms with E-state index >= 15 is 4.39 Å². The number of likely N-dealkylation sites (N-methyl/N-ethyl adjacent to an activating group) is 1. The highest BCUT2D eigenvalue weighted by Crippen LogP contribution is 2.31. The Balaban J connectivity index is 0.00000464. The van der Waals surface area contributed by atoms with Crippen LogP contribution in [0.5, 0.6) is 0 Å². The predicted molar refractivity (Wildman–Crippen MR) is 205 cm³/mol. The third-order valence-electron chi connectivity index (χ3n) is 9.76. The lowest BCUT2D eigenvalue weighted by molar-refractivity contribution is -0.646. The van der Waals surface area contributed by atoms with E-state index in [1.165, 1.54) is 4.88 Å². The predicted octanol–water partition coefficient (Wildman–Crippen LogP) is 3.19. The first kappa shape index (κ1) is 37.4. The summed E-state index contributed by atoms with van der Waals surface area (Å²) in [5.74, 6) is -0.329. The molecule has 7 rings (SSSR count). The first-order valence-electron chi connectivity index (χ1n) is 17.6. The molecule has 6 aromatic rings. The Morgan fingerprint density at radius 2 is 1.87 bits per heavy atom. The van der Waals surface area contributed by atoms with Crippen molar-refractivity contribution in [2.75, 3.05) is 61.4 Å². The summed E-state index contributed by atoms with van der Waals surface area (Å²) in [6, 6.07) is 17.6. The van der Waals surface area contributed by atoms with Crippen molar-refractivity contribution in [3.05, 3.63) is 104 Å². The number of rotatable bonds is 12. The molecule has 52 heavy (non-hydrogen) atoms. The van der Waals surface area contributed by atoms with Gasteiger partial charge < -0.3 is 48.4 Å². The lowest BCUT2D eigenvalue weighted by atomic mass is 10.1. The summed E-state index contributed by atoms with van der Waals surface area (Å²) in [5.41, 5.74) is 5.49. The van der Waals surface area contributed by atoms with E-state index in [1.807, 2.05) is 65.0 Å². The van der Waals surface area contributed by atoms with Crippen LogP contribution in [0.15, 0.2) is 75.4 Å². The van der Waals surface area contributed by atoms with Crippen LogP contribution < -0.4 is 49.3 Å². The molecule has 0 unspecified atom stereocenters. The number of hydrogen-bond donors (Lipinski definition) is 1. The summed E-state index contributed by atoms with van der Waals surface area (Å²) in [6.07, 6.45) is 6.54. The van der Waals surface area contributed by atoms with Crippen LogP contribution in [0.3, 0.4) is 0 Å². The second-order valence-corrected chi connectivity index (χ2v) is 14.1. The summed E-state index contributed by atoms with van der Waals surface area (Å²) in [4.78, 5) is 21.3. The highest BCUT2D eigenvalue weighted by atomic mass is 127. The van der Waals surface area contributed by atoms with Gasteiger partial charge in [0, 0.05) is 92.5 Å². The SMILES string of the molecule is CCN(CC)c1ccc2cc(/C=C/c3cc(N4CCN(C)CC4)c4cc(F)c(NCc5cn(CCc6cccs6)nn5)cc4[n+]3C)c(=O)oc2c1.[I-]. The van der Waals surface area contributed by atoms with Gasteiger partial charge in [-0.2, -0.15) is 4.57 Å². The molecule has 1 N–H and O–H groups in total. The fourth-order valence-corrected chi connectivity index (χ4v) is 7.39. The van der Waals surface area contributed by atoms with Crippen molar-refractivity contribution >= 4 is 62.4 Å². The molecule has 0 aliphatic carbocycles. The van der Waals surface area contributed by atoms with Gasteiger partial charge in [0.05, 0.1) is 35.1 Å². The maximum atomic E-state index is 15.8. The number of piperazine rings is 1. The molecular weight excluding hydrogens is 790 g/mol. The quantitative estimate of drug-likeness (QED) is 0.115. The van der Waals surface area contributed by atoms with Gasteiger partial charge in [0.25, 0.3) is 0 Å². The molecule has 272 valence electrons. The molecule has 0 amide bonds. The van der Waals surface area contributed by atoms with E-state index in [4.69, 9.17) is 4.42 Å². The molecule has 13 heteroatoms. The van der Waals surface area contributed by atoms with E-state index in [0.717, 1.165) is 91.3 Å². The zero-order chi connectivity index (χ0) is 35.5. The molecule has 5 heterocycles. The number of aryl methyl sites for hydroxylation is 3. The Morgan fingerprint density at radius 1 is 1.06 bits per heavy atom. The van der Waals surface area contributed by atoms with Crippen molar-refractivity contribution in [3.63, 3.8) is 0 Å². The Hall–Kier alpha value is -4.34. The highest BCUT2D eigenvalue weighted by Gasteiger charge is 2.24. The average molecular weight is 835 g/mol. The number of anilines is 3. The van der Waals surface area contributed by atoms with Crippen molar-refractivity contribution in [2.24, 2.45) is 7.05 Å². The molecule has 0 saturated carbocycles. The number of pyridine rings is 1. The topological polar surface area (TPSA) is 86.5 Å². The molecule has 1 aliphatic rings. The van der Waals surface area contributed by atoms with Crippen LogP contribution in [0, 0.1) is 5.82 Å². The van der Waals surface area contributed by atoms with Crippen LogP contribution in [0.4, 0.5) is 21.5 Å². The number of thiophene rings is 1. The lowest BCUT2D eigenvalue weighted by Gasteiger charge is -2.34. The Labute approximate surface area is 324 Å². The molecule has 0 atom stereocenters. The standard InChI is InChI=1S/C39H43FN8O2S.HI/c1-5-46(6-2)31-12-9-27-20-28(39(49)50-38(27)22-31)10-11-30-21-37(47-17-15-44(3)16-18-47)33-23-34(40)35(24-36(33)45(30)4)41-25-29-26-48(43-42-29)14-13-32-8-7-19-51-32;/h7-12,19-24,26H,5-6,13-18,25H2,1-4H3;1H/b11-10+;. The van der Waals surface area contributed by atoms with Gasteiger partial charge in [0.15, 0.2) is 0 Å². The summed E-state index contributed by atoms with van der Waals surface area (Å²) in [7, 11) is 4.09. The molecule has 2 aromatic carbocycles. The number of hydrogen-bond acceptors (Lipinski definition) is 9. The minimum atomic E-state index is -0.393. The molecule has 1 fully saturated rings. The molecule has 10 nitrogen and oxygen atoms in total. The first-order valence-corrected chi connectivity index (χ1v) is 18.4. The summed E-state index contributed by atoms with van der Waals surface area (Å²) >= 11 is 1.73. The Bertz CT molecular complexity index is 2240. The number of aromatic nitrogens is 4. The van der Waals surface area contributed by atoms with Crippen LogP contribution in [0.2, 0.25) is 0 Å².